The van der Waals surface area contributed by atoms with Gasteiger partial charge in [0.05, 0.1) is 17.7 Å². The lowest BCUT2D eigenvalue weighted by atomic mass is 10.1. The number of benzene rings is 1. The van der Waals surface area contributed by atoms with Crippen LogP contribution < -0.4 is 10.9 Å². The van der Waals surface area contributed by atoms with Crippen LogP contribution in [0.3, 0.4) is 0 Å². The topological polar surface area (TPSA) is 107 Å². The minimum absolute atomic E-state index is 0.0817. The predicted octanol–water partition coefficient (Wildman–Crippen LogP) is 0.819. The number of hydrogen-bond acceptors (Lipinski definition) is 5. The fourth-order valence-corrected chi connectivity index (χ4v) is 2.11. The lowest BCUT2D eigenvalue weighted by Crippen LogP contribution is -2.32. The van der Waals surface area contributed by atoms with Gasteiger partial charge >= 0.3 is 0 Å². The van der Waals surface area contributed by atoms with Gasteiger partial charge in [0.15, 0.2) is 0 Å². The van der Waals surface area contributed by atoms with E-state index in [0.29, 0.717) is 11.1 Å². The highest BCUT2D eigenvalue weighted by atomic mass is 16.6. The summed E-state index contributed by atoms with van der Waals surface area (Å²) in [7, 11) is 0. The number of carbonyl (C=O) groups is 1. The smallest absolute Gasteiger partial charge is 0.273 e. The van der Waals surface area contributed by atoms with Crippen LogP contribution in [0.25, 0.3) is 0 Å². The van der Waals surface area contributed by atoms with E-state index in [2.05, 4.69) is 10.3 Å². The largest absolute Gasteiger partial charge is 0.354 e. The second-order valence-electron chi connectivity index (χ2n) is 4.99. The molecular formula is C15H16N4O4. The summed E-state index contributed by atoms with van der Waals surface area (Å²) in [5, 5.41) is 13.5. The molecule has 0 bridgehead atoms. The Morgan fingerprint density at radius 3 is 2.87 bits per heavy atom. The highest BCUT2D eigenvalue weighted by molar-refractivity contribution is 5.79. The molecule has 0 aliphatic heterocycles. The molecule has 1 heterocycles. The van der Waals surface area contributed by atoms with E-state index in [0.717, 1.165) is 0 Å². The lowest BCUT2D eigenvalue weighted by molar-refractivity contribution is -0.385. The van der Waals surface area contributed by atoms with Gasteiger partial charge in [-0.1, -0.05) is 18.2 Å². The molecular weight excluding hydrogens is 300 g/mol. The van der Waals surface area contributed by atoms with Crippen LogP contribution in [0.4, 0.5) is 5.69 Å². The maximum atomic E-state index is 11.9. The minimum atomic E-state index is -0.513. The molecule has 0 spiro atoms. The zero-order valence-electron chi connectivity index (χ0n) is 12.6. The third-order valence-electron chi connectivity index (χ3n) is 3.29. The SMILES string of the molecule is Cc1cncn(CCNC(=O)Cc2ccccc2[N+](=O)[O-])c1=O. The van der Waals surface area contributed by atoms with E-state index in [9.17, 15) is 19.7 Å². The van der Waals surface area contributed by atoms with E-state index >= 15 is 0 Å². The van der Waals surface area contributed by atoms with Crippen LogP contribution in [-0.2, 0) is 17.8 Å². The Kier molecular flexibility index (Phi) is 5.19. The lowest BCUT2D eigenvalue weighted by Gasteiger charge is -2.08. The molecule has 23 heavy (non-hydrogen) atoms. The predicted molar refractivity (Wildman–Crippen MR) is 83.0 cm³/mol. The summed E-state index contributed by atoms with van der Waals surface area (Å²) >= 11 is 0. The summed E-state index contributed by atoms with van der Waals surface area (Å²) < 4.78 is 1.40. The Labute approximate surface area is 131 Å². The highest BCUT2D eigenvalue weighted by Gasteiger charge is 2.15. The quantitative estimate of drug-likeness (QED) is 0.627. The Morgan fingerprint density at radius 2 is 2.13 bits per heavy atom. The van der Waals surface area contributed by atoms with Gasteiger partial charge in [0, 0.05) is 36.5 Å². The van der Waals surface area contributed by atoms with Crippen molar-refractivity contribution in [3.05, 3.63) is 68.4 Å². The van der Waals surface area contributed by atoms with Gasteiger partial charge < -0.3 is 5.32 Å². The number of nitro benzene ring substituents is 1. The van der Waals surface area contributed by atoms with Crippen molar-refractivity contribution >= 4 is 11.6 Å². The molecule has 1 N–H and O–H groups in total. The maximum Gasteiger partial charge on any atom is 0.273 e. The molecule has 1 amide bonds. The molecule has 0 aliphatic carbocycles. The Bertz CT molecular complexity index is 785. The maximum absolute atomic E-state index is 11.9. The summed E-state index contributed by atoms with van der Waals surface area (Å²) in [5.41, 5.74) is 0.637. The molecule has 2 aromatic rings. The first kappa shape index (κ1) is 16.3. The Balaban J connectivity index is 1.92. The molecule has 0 saturated heterocycles. The third-order valence-corrected chi connectivity index (χ3v) is 3.29. The molecule has 0 radical (unpaired) electrons. The Morgan fingerprint density at radius 1 is 1.39 bits per heavy atom. The van der Waals surface area contributed by atoms with Crippen molar-refractivity contribution in [1.82, 2.24) is 14.9 Å². The van der Waals surface area contributed by atoms with Crippen molar-refractivity contribution < 1.29 is 9.72 Å². The minimum Gasteiger partial charge on any atom is -0.354 e. The van der Waals surface area contributed by atoms with Crippen LogP contribution in [0.1, 0.15) is 11.1 Å². The summed E-state index contributed by atoms with van der Waals surface area (Å²) in [6, 6.07) is 6.11. The highest BCUT2D eigenvalue weighted by Crippen LogP contribution is 2.17. The molecule has 0 fully saturated rings. The first-order chi connectivity index (χ1) is 11.0. The molecule has 0 aliphatic rings. The summed E-state index contributed by atoms with van der Waals surface area (Å²) in [4.78, 5) is 38.0. The van der Waals surface area contributed by atoms with Crippen molar-refractivity contribution in [2.75, 3.05) is 6.54 Å². The summed E-state index contributed by atoms with van der Waals surface area (Å²) in [6.45, 7) is 2.19. The van der Waals surface area contributed by atoms with Crippen LogP contribution in [0.15, 0.2) is 41.6 Å². The normalized spacial score (nSPS) is 10.3. The molecule has 0 saturated carbocycles. The van der Waals surface area contributed by atoms with Gasteiger partial charge in [-0.25, -0.2) is 4.98 Å². The number of nitrogens with one attached hydrogen (secondary N) is 1. The summed E-state index contributed by atoms with van der Waals surface area (Å²) in [6.07, 6.45) is 2.80. The fourth-order valence-electron chi connectivity index (χ4n) is 2.11. The third kappa shape index (κ3) is 4.22. The van der Waals surface area contributed by atoms with E-state index in [1.165, 1.54) is 23.2 Å². The number of amides is 1. The van der Waals surface area contributed by atoms with Crippen molar-refractivity contribution in [3.63, 3.8) is 0 Å². The van der Waals surface area contributed by atoms with Gasteiger partial charge in [0.2, 0.25) is 5.91 Å². The van der Waals surface area contributed by atoms with E-state index in [1.807, 2.05) is 0 Å². The number of hydrogen-bond donors (Lipinski definition) is 1. The van der Waals surface area contributed by atoms with Gasteiger partial charge in [-0.05, 0) is 6.92 Å². The van der Waals surface area contributed by atoms with E-state index in [-0.39, 0.29) is 36.7 Å². The number of nitro groups is 1. The second kappa shape index (κ2) is 7.30. The first-order valence-corrected chi connectivity index (χ1v) is 6.99. The van der Waals surface area contributed by atoms with Crippen LogP contribution in [-0.4, -0.2) is 26.9 Å². The van der Waals surface area contributed by atoms with Crippen LogP contribution in [0, 0.1) is 17.0 Å². The van der Waals surface area contributed by atoms with Crippen molar-refractivity contribution in [2.24, 2.45) is 0 Å². The van der Waals surface area contributed by atoms with Crippen LogP contribution >= 0.6 is 0 Å². The van der Waals surface area contributed by atoms with Gasteiger partial charge in [-0.3, -0.25) is 24.3 Å². The fraction of sp³-hybridized carbons (Fsp3) is 0.267. The molecule has 1 aromatic carbocycles. The van der Waals surface area contributed by atoms with E-state index in [4.69, 9.17) is 0 Å². The standard InChI is InChI=1S/C15H16N4O4/c1-11-9-16-10-18(15(11)21)7-6-17-14(20)8-12-4-2-3-5-13(12)19(22)23/h2-5,9-10H,6-8H2,1H3,(H,17,20). The molecule has 0 unspecified atom stereocenters. The van der Waals surface area contributed by atoms with E-state index < -0.39 is 4.92 Å². The average Bonchev–Trinajstić information content (AvgIpc) is 2.52. The molecule has 1 aromatic heterocycles. The van der Waals surface area contributed by atoms with Gasteiger partial charge in [-0.2, -0.15) is 0 Å². The number of aromatic nitrogens is 2. The first-order valence-electron chi connectivity index (χ1n) is 6.99. The number of aryl methyl sites for hydroxylation is 1. The molecule has 0 atom stereocenters. The average molecular weight is 316 g/mol. The van der Waals surface area contributed by atoms with Crippen molar-refractivity contribution in [1.29, 1.82) is 0 Å². The second-order valence-corrected chi connectivity index (χ2v) is 4.99. The zero-order valence-corrected chi connectivity index (χ0v) is 12.6. The number of rotatable bonds is 6. The van der Waals surface area contributed by atoms with Crippen molar-refractivity contribution in [3.8, 4) is 0 Å². The monoisotopic (exact) mass is 316 g/mol. The van der Waals surface area contributed by atoms with Gasteiger partial charge in [0.1, 0.15) is 0 Å². The number of carbonyl (C=O) groups excluding carboxylic acids is 1. The van der Waals surface area contributed by atoms with Gasteiger partial charge in [-0.15, -0.1) is 0 Å². The number of para-hydroxylation sites is 1. The van der Waals surface area contributed by atoms with Crippen LogP contribution in [0.5, 0.6) is 0 Å². The van der Waals surface area contributed by atoms with Gasteiger partial charge in [0.25, 0.3) is 11.2 Å². The summed E-state index contributed by atoms with van der Waals surface area (Å²) in [5.74, 6) is -0.340. The molecule has 8 nitrogen and oxygen atoms in total. The zero-order chi connectivity index (χ0) is 16.8. The van der Waals surface area contributed by atoms with E-state index in [1.54, 1.807) is 25.1 Å². The molecule has 2 rings (SSSR count). The van der Waals surface area contributed by atoms with Crippen molar-refractivity contribution in [2.45, 2.75) is 19.9 Å². The molecule has 8 heteroatoms. The number of nitrogens with zero attached hydrogens (tertiary/aromatic N) is 3. The van der Waals surface area contributed by atoms with Crippen LogP contribution in [0.2, 0.25) is 0 Å². The molecule has 120 valence electrons. The Hall–Kier alpha value is -3.03.